The van der Waals surface area contributed by atoms with Crippen LogP contribution >= 0.6 is 12.6 Å². The number of alkyl halides is 3. The number of hydrogen-bond acceptors (Lipinski definition) is 7. The summed E-state index contributed by atoms with van der Waals surface area (Å²) in [7, 11) is 0. The maximum atomic E-state index is 10.7. The van der Waals surface area contributed by atoms with E-state index in [1.54, 1.807) is 0 Å². The smallest absolute Gasteiger partial charge is 0.481 e. The number of thiol groups is 1. The lowest BCUT2D eigenvalue weighted by atomic mass is 10.2. The Morgan fingerprint density at radius 3 is 1.52 bits per heavy atom. The van der Waals surface area contributed by atoms with Crippen molar-refractivity contribution in [1.29, 1.82) is 0 Å². The summed E-state index contributed by atoms with van der Waals surface area (Å²) in [6.07, 6.45) is -5.00. The van der Waals surface area contributed by atoms with Crippen LogP contribution < -0.4 is 11.1 Å². The molecule has 0 aromatic carbocycles. The van der Waals surface area contributed by atoms with Crippen molar-refractivity contribution in [2.45, 2.75) is 31.5 Å². The third-order valence-corrected chi connectivity index (χ3v) is 2.36. The minimum atomic E-state index is -5.08. The van der Waals surface area contributed by atoms with Crippen LogP contribution in [0, 0.1) is 0 Å². The van der Waals surface area contributed by atoms with Crippen molar-refractivity contribution in [3.8, 4) is 0 Å². The first-order valence-corrected chi connectivity index (χ1v) is 7.38. The lowest BCUT2D eigenvalue weighted by Crippen LogP contribution is -2.43. The van der Waals surface area contributed by atoms with E-state index in [9.17, 15) is 32.3 Å². The van der Waals surface area contributed by atoms with E-state index in [4.69, 9.17) is 31.0 Å². The lowest BCUT2D eigenvalue weighted by Gasteiger charge is -2.06. The van der Waals surface area contributed by atoms with E-state index in [0.29, 0.717) is 0 Å². The molecule has 158 valence electrons. The van der Waals surface area contributed by atoms with Gasteiger partial charge in [-0.2, -0.15) is 25.8 Å². The van der Waals surface area contributed by atoms with Crippen LogP contribution in [0.4, 0.5) is 13.2 Å². The van der Waals surface area contributed by atoms with Crippen LogP contribution in [-0.2, 0) is 24.0 Å². The Morgan fingerprint density at radius 1 is 0.926 bits per heavy atom. The van der Waals surface area contributed by atoms with Crippen molar-refractivity contribution in [2.24, 2.45) is 5.73 Å². The second-order valence-corrected chi connectivity index (χ2v) is 4.71. The third-order valence-electron chi connectivity index (χ3n) is 1.97. The van der Waals surface area contributed by atoms with Crippen LogP contribution in [0.3, 0.4) is 0 Å². The summed E-state index contributed by atoms with van der Waals surface area (Å²) in [5.74, 6) is -6.04. The van der Waals surface area contributed by atoms with Crippen molar-refractivity contribution in [3.63, 3.8) is 0 Å². The van der Waals surface area contributed by atoms with Gasteiger partial charge in [0.05, 0.1) is 6.04 Å². The van der Waals surface area contributed by atoms with Crippen LogP contribution in [0.1, 0.15) is 19.3 Å². The highest BCUT2D eigenvalue weighted by Gasteiger charge is 2.38. The summed E-state index contributed by atoms with van der Waals surface area (Å²) in [4.78, 5) is 49.1. The van der Waals surface area contributed by atoms with Gasteiger partial charge in [-0.3, -0.25) is 19.2 Å². The van der Waals surface area contributed by atoms with Crippen LogP contribution in [0.15, 0.2) is 0 Å². The van der Waals surface area contributed by atoms with Gasteiger partial charge in [0.25, 0.3) is 0 Å². The number of carbonyl (C=O) groups excluding carboxylic acids is 1. The standard InChI is InChI=1S/C5H10N2O3S.C5H8O4.C2HF3O2/c6-3(2-11)5(10)7-1-4(8)9;6-4(7)2-1-3-5(8)9;3-2(4,5)1(6)7/h3,11H,1-2,6H2,(H,7,10)(H,8,9);1-3H2,(H,6,7)(H,8,9);(H,6,7)/t3-;;/m0../s1. The highest BCUT2D eigenvalue weighted by molar-refractivity contribution is 7.80. The number of carbonyl (C=O) groups is 5. The molecular weight excluding hydrogens is 405 g/mol. The molecule has 15 heteroatoms. The number of nitrogens with two attached hydrogens (primary N) is 1. The number of carboxylic acid groups (broad SMARTS) is 4. The minimum Gasteiger partial charge on any atom is -0.481 e. The van der Waals surface area contributed by atoms with Crippen LogP contribution in [0.5, 0.6) is 0 Å². The van der Waals surface area contributed by atoms with Gasteiger partial charge >= 0.3 is 30.1 Å². The maximum absolute atomic E-state index is 10.7. The summed E-state index contributed by atoms with van der Waals surface area (Å²) < 4.78 is 31.7. The molecule has 0 radical (unpaired) electrons. The average molecular weight is 424 g/mol. The number of halogens is 3. The zero-order chi connectivity index (χ0) is 22.2. The lowest BCUT2D eigenvalue weighted by molar-refractivity contribution is -0.192. The fourth-order valence-corrected chi connectivity index (χ4v) is 0.933. The Kier molecular flexibility index (Phi) is 17.0. The quantitative estimate of drug-likeness (QED) is 0.246. The molecule has 0 fully saturated rings. The molecule has 0 aliphatic rings. The molecular formula is C12H19F3N2O9S. The van der Waals surface area contributed by atoms with E-state index in [-0.39, 0.29) is 25.0 Å². The zero-order valence-electron chi connectivity index (χ0n) is 13.6. The summed E-state index contributed by atoms with van der Waals surface area (Å²) in [5.41, 5.74) is 5.22. The molecule has 1 amide bonds. The second-order valence-electron chi connectivity index (χ2n) is 4.34. The molecule has 0 saturated carbocycles. The molecule has 0 heterocycles. The predicted molar refractivity (Wildman–Crippen MR) is 85.3 cm³/mol. The Bertz CT molecular complexity index is 501. The predicted octanol–water partition coefficient (Wildman–Crippen LogP) is -0.596. The van der Waals surface area contributed by atoms with Gasteiger partial charge < -0.3 is 31.5 Å². The molecule has 0 aromatic heterocycles. The highest BCUT2D eigenvalue weighted by Crippen LogP contribution is 2.13. The Balaban J connectivity index is -0.000000329. The number of hydrogen-bond donors (Lipinski definition) is 7. The normalized spacial score (nSPS) is 10.9. The van der Waals surface area contributed by atoms with Gasteiger partial charge in [-0.25, -0.2) is 4.79 Å². The SMILES string of the molecule is N[C@@H](CS)C(=O)NCC(=O)O.O=C(O)C(F)(F)F.O=C(O)CCCC(=O)O. The summed E-state index contributed by atoms with van der Waals surface area (Å²) in [6, 6.07) is -0.738. The first kappa shape index (κ1) is 29.2. The molecule has 27 heavy (non-hydrogen) atoms. The molecule has 0 aliphatic carbocycles. The average Bonchev–Trinajstić information content (AvgIpc) is 2.51. The molecule has 7 N–H and O–H groups in total. The van der Waals surface area contributed by atoms with Gasteiger partial charge in [-0.1, -0.05) is 0 Å². The largest absolute Gasteiger partial charge is 0.490 e. The summed E-state index contributed by atoms with van der Waals surface area (Å²) in [6.45, 7) is -0.402. The van der Waals surface area contributed by atoms with E-state index >= 15 is 0 Å². The Hall–Kier alpha value is -2.55. The van der Waals surface area contributed by atoms with Crippen molar-refractivity contribution in [2.75, 3.05) is 12.3 Å². The van der Waals surface area contributed by atoms with E-state index in [1.165, 1.54) is 0 Å². The maximum Gasteiger partial charge on any atom is 0.490 e. The van der Waals surface area contributed by atoms with E-state index < -0.39 is 48.5 Å². The first-order chi connectivity index (χ1) is 12.1. The fraction of sp³-hybridized carbons (Fsp3) is 0.583. The molecule has 1 atom stereocenters. The molecule has 11 nitrogen and oxygen atoms in total. The van der Waals surface area contributed by atoms with Crippen LogP contribution in [0.25, 0.3) is 0 Å². The topological polar surface area (TPSA) is 204 Å². The van der Waals surface area contributed by atoms with E-state index in [1.807, 2.05) is 0 Å². The number of nitrogens with one attached hydrogen (secondary N) is 1. The molecule has 0 rings (SSSR count). The van der Waals surface area contributed by atoms with Gasteiger partial charge in [-0.15, -0.1) is 0 Å². The first-order valence-electron chi connectivity index (χ1n) is 6.74. The van der Waals surface area contributed by atoms with Gasteiger partial charge in [0, 0.05) is 18.6 Å². The third kappa shape index (κ3) is 25.8. The van der Waals surface area contributed by atoms with Crippen LogP contribution in [-0.4, -0.2) is 74.7 Å². The number of carboxylic acids is 4. The molecule has 0 aromatic rings. The molecule has 0 aliphatic heterocycles. The number of rotatable bonds is 8. The number of amides is 1. The second kappa shape index (κ2) is 15.7. The zero-order valence-corrected chi connectivity index (χ0v) is 14.5. The molecule has 0 bridgehead atoms. The van der Waals surface area contributed by atoms with Crippen molar-refractivity contribution >= 4 is 42.4 Å². The Labute approximate surface area is 155 Å². The van der Waals surface area contributed by atoms with Crippen LogP contribution in [0.2, 0.25) is 0 Å². The molecule has 0 spiro atoms. The molecule has 0 unspecified atom stereocenters. The van der Waals surface area contributed by atoms with Gasteiger partial charge in [0.15, 0.2) is 0 Å². The monoisotopic (exact) mass is 424 g/mol. The highest BCUT2D eigenvalue weighted by atomic mass is 32.1. The number of aliphatic carboxylic acids is 4. The van der Waals surface area contributed by atoms with Crippen molar-refractivity contribution < 1.29 is 57.6 Å². The van der Waals surface area contributed by atoms with E-state index in [0.717, 1.165) is 0 Å². The van der Waals surface area contributed by atoms with Gasteiger partial charge in [0.1, 0.15) is 6.54 Å². The summed E-state index contributed by atoms with van der Waals surface area (Å²) >= 11 is 3.77. The summed E-state index contributed by atoms with van der Waals surface area (Å²) in [5, 5.41) is 33.5. The minimum absolute atomic E-state index is 0.0632. The molecule has 0 saturated heterocycles. The van der Waals surface area contributed by atoms with Crippen molar-refractivity contribution in [1.82, 2.24) is 5.32 Å². The van der Waals surface area contributed by atoms with Crippen molar-refractivity contribution in [3.05, 3.63) is 0 Å². The van der Waals surface area contributed by atoms with Gasteiger partial charge in [-0.05, 0) is 6.42 Å². The Morgan fingerprint density at radius 2 is 1.30 bits per heavy atom. The van der Waals surface area contributed by atoms with E-state index in [2.05, 4.69) is 17.9 Å². The fourth-order valence-electron chi connectivity index (χ4n) is 0.768. The van der Waals surface area contributed by atoms with Gasteiger partial charge in [0.2, 0.25) is 5.91 Å².